The first kappa shape index (κ1) is 24.9. The fourth-order valence-corrected chi connectivity index (χ4v) is 5.58. The van der Waals surface area contributed by atoms with Crippen LogP contribution < -0.4 is 5.32 Å². The molecule has 0 radical (unpaired) electrons. The van der Waals surface area contributed by atoms with Gasteiger partial charge in [-0.2, -0.15) is 4.31 Å². The fraction of sp³-hybridized carbons (Fsp3) is 0.440. The third-order valence-corrected chi connectivity index (χ3v) is 8.22. The van der Waals surface area contributed by atoms with E-state index < -0.39 is 10.0 Å². The topological polar surface area (TPSA) is 84.3 Å². The maximum absolute atomic E-state index is 12.8. The zero-order valence-electron chi connectivity index (χ0n) is 19.9. The first-order chi connectivity index (χ1) is 15.8. The highest BCUT2D eigenvalue weighted by molar-refractivity contribution is 7.89. The minimum atomic E-state index is -3.54. The van der Waals surface area contributed by atoms with Gasteiger partial charge in [-0.1, -0.05) is 51.1 Å². The first-order valence-corrected chi connectivity index (χ1v) is 13.0. The Morgan fingerprint density at radius 2 is 1.79 bits per heavy atom. The van der Waals surface area contributed by atoms with Crippen LogP contribution >= 0.6 is 0 Å². The molecule has 1 atom stereocenters. The Kier molecular flexibility index (Phi) is 8.26. The van der Waals surface area contributed by atoms with Gasteiger partial charge in [0.2, 0.25) is 15.9 Å². The van der Waals surface area contributed by atoms with Crippen LogP contribution in [0.25, 0.3) is 11.0 Å². The minimum Gasteiger partial charge on any atom is -0.355 e. The van der Waals surface area contributed by atoms with Gasteiger partial charge < -0.3 is 9.88 Å². The number of sulfonamides is 1. The van der Waals surface area contributed by atoms with Crippen LogP contribution in [-0.4, -0.2) is 47.8 Å². The Hall–Kier alpha value is -2.71. The van der Waals surface area contributed by atoms with E-state index in [-0.39, 0.29) is 16.7 Å². The molecule has 1 amide bonds. The molecular formula is C25H34N4O3S. The van der Waals surface area contributed by atoms with Crippen LogP contribution in [0.1, 0.15) is 50.9 Å². The molecule has 1 N–H and O–H groups in total. The molecule has 1 unspecified atom stereocenters. The second-order valence-corrected chi connectivity index (χ2v) is 10.1. The molecule has 33 heavy (non-hydrogen) atoms. The summed E-state index contributed by atoms with van der Waals surface area (Å²) in [6, 6.07) is 15.2. The monoisotopic (exact) mass is 470 g/mol. The zero-order chi connectivity index (χ0) is 24.0. The average molecular weight is 471 g/mol. The van der Waals surface area contributed by atoms with E-state index in [1.54, 1.807) is 18.2 Å². The van der Waals surface area contributed by atoms with E-state index in [0.717, 1.165) is 17.8 Å². The minimum absolute atomic E-state index is 0.0127. The van der Waals surface area contributed by atoms with Gasteiger partial charge in [-0.3, -0.25) is 4.79 Å². The molecule has 3 aromatic rings. The van der Waals surface area contributed by atoms with Crippen LogP contribution in [0.5, 0.6) is 0 Å². The Balaban J connectivity index is 1.67. The standard InChI is InChI=1S/C25H34N4O3S/c1-5-19(20-11-9-8-10-12-20)18-26-25(30)16-15-24-27-22-17-21(13-14-23(22)28(24)4)33(31,32)29(6-2)7-3/h8-14,17,19H,5-7,15-16,18H2,1-4H3,(H,26,30). The Morgan fingerprint density at radius 1 is 1.09 bits per heavy atom. The van der Waals surface area contributed by atoms with Crippen LogP contribution in [0.15, 0.2) is 53.4 Å². The number of nitrogens with one attached hydrogen (secondary N) is 1. The van der Waals surface area contributed by atoms with E-state index in [9.17, 15) is 13.2 Å². The number of nitrogens with zero attached hydrogens (tertiary/aromatic N) is 3. The van der Waals surface area contributed by atoms with Crippen LogP contribution in [-0.2, 0) is 28.3 Å². The molecule has 0 aliphatic heterocycles. The van der Waals surface area contributed by atoms with Crippen LogP contribution in [0.4, 0.5) is 0 Å². The number of aromatic nitrogens is 2. The predicted octanol–water partition coefficient (Wildman–Crippen LogP) is 3.85. The van der Waals surface area contributed by atoms with Crippen molar-refractivity contribution >= 4 is 27.0 Å². The SMILES string of the molecule is CCC(CNC(=O)CCc1nc2cc(S(=O)(=O)N(CC)CC)ccc2n1C)c1ccccc1. The van der Waals surface area contributed by atoms with Crippen LogP contribution in [0.2, 0.25) is 0 Å². The van der Waals surface area contributed by atoms with E-state index >= 15 is 0 Å². The van der Waals surface area contributed by atoms with Crippen molar-refractivity contribution in [3.63, 3.8) is 0 Å². The van der Waals surface area contributed by atoms with Gasteiger partial charge in [0, 0.05) is 45.4 Å². The molecule has 0 aliphatic carbocycles. The summed E-state index contributed by atoms with van der Waals surface area (Å²) >= 11 is 0. The Labute approximate surface area is 196 Å². The van der Waals surface area contributed by atoms with E-state index in [1.165, 1.54) is 9.87 Å². The fourth-order valence-electron chi connectivity index (χ4n) is 4.10. The van der Waals surface area contributed by atoms with Gasteiger partial charge in [0.1, 0.15) is 5.82 Å². The molecule has 0 spiro atoms. The number of benzene rings is 2. The van der Waals surface area contributed by atoms with Crippen molar-refractivity contribution in [3.8, 4) is 0 Å². The van der Waals surface area contributed by atoms with Gasteiger partial charge in [-0.15, -0.1) is 0 Å². The lowest BCUT2D eigenvalue weighted by Crippen LogP contribution is -2.30. The molecule has 0 saturated carbocycles. The lowest BCUT2D eigenvalue weighted by Gasteiger charge is -2.18. The molecule has 0 aliphatic rings. The molecule has 7 nitrogen and oxygen atoms in total. The summed E-state index contributed by atoms with van der Waals surface area (Å²) in [6.45, 7) is 7.22. The summed E-state index contributed by atoms with van der Waals surface area (Å²) in [5, 5.41) is 3.05. The summed E-state index contributed by atoms with van der Waals surface area (Å²) in [7, 11) is -1.65. The number of hydrogen-bond acceptors (Lipinski definition) is 4. The maximum atomic E-state index is 12.8. The number of carbonyl (C=O) groups is 1. The lowest BCUT2D eigenvalue weighted by atomic mass is 9.96. The lowest BCUT2D eigenvalue weighted by molar-refractivity contribution is -0.121. The molecule has 8 heteroatoms. The first-order valence-electron chi connectivity index (χ1n) is 11.6. The molecule has 0 fully saturated rings. The highest BCUT2D eigenvalue weighted by atomic mass is 32.2. The van der Waals surface area contributed by atoms with Gasteiger partial charge in [0.15, 0.2) is 0 Å². The average Bonchev–Trinajstić information content (AvgIpc) is 3.14. The molecule has 3 rings (SSSR count). The normalized spacial score (nSPS) is 12.9. The number of fused-ring (bicyclic) bond motifs is 1. The number of hydrogen-bond donors (Lipinski definition) is 1. The Morgan fingerprint density at radius 3 is 2.42 bits per heavy atom. The quantitative estimate of drug-likeness (QED) is 0.461. The summed E-state index contributed by atoms with van der Waals surface area (Å²) in [4.78, 5) is 17.4. The summed E-state index contributed by atoms with van der Waals surface area (Å²) in [6.07, 6.45) is 1.76. The summed E-state index contributed by atoms with van der Waals surface area (Å²) in [5.74, 6) is 1.03. The number of amides is 1. The van der Waals surface area contributed by atoms with E-state index in [1.807, 2.05) is 43.7 Å². The van der Waals surface area contributed by atoms with E-state index in [4.69, 9.17) is 0 Å². The smallest absolute Gasteiger partial charge is 0.243 e. The molecule has 0 bridgehead atoms. The highest BCUT2D eigenvalue weighted by Crippen LogP contribution is 2.23. The summed E-state index contributed by atoms with van der Waals surface area (Å²) < 4.78 is 29.0. The largest absolute Gasteiger partial charge is 0.355 e. The molecule has 1 aromatic heterocycles. The van der Waals surface area contributed by atoms with Gasteiger partial charge in [-0.25, -0.2) is 13.4 Å². The third kappa shape index (κ3) is 5.62. The van der Waals surface area contributed by atoms with Crippen LogP contribution in [0, 0.1) is 0 Å². The maximum Gasteiger partial charge on any atom is 0.243 e. The second-order valence-electron chi connectivity index (χ2n) is 8.15. The molecule has 1 heterocycles. The second kappa shape index (κ2) is 10.9. The van der Waals surface area contributed by atoms with Crippen molar-refractivity contribution in [3.05, 3.63) is 59.9 Å². The number of aryl methyl sites for hydroxylation is 2. The summed E-state index contributed by atoms with van der Waals surface area (Å²) in [5.41, 5.74) is 2.70. The van der Waals surface area contributed by atoms with Crippen molar-refractivity contribution < 1.29 is 13.2 Å². The van der Waals surface area contributed by atoms with Crippen molar-refractivity contribution in [2.75, 3.05) is 19.6 Å². The van der Waals surface area contributed by atoms with Gasteiger partial charge in [0.25, 0.3) is 0 Å². The molecule has 2 aromatic carbocycles. The predicted molar refractivity (Wildman–Crippen MR) is 132 cm³/mol. The van der Waals surface area contributed by atoms with Crippen molar-refractivity contribution in [1.82, 2.24) is 19.2 Å². The van der Waals surface area contributed by atoms with Crippen LogP contribution in [0.3, 0.4) is 0 Å². The zero-order valence-corrected chi connectivity index (χ0v) is 20.7. The van der Waals surface area contributed by atoms with Crippen molar-refractivity contribution in [2.45, 2.75) is 50.8 Å². The third-order valence-electron chi connectivity index (χ3n) is 6.17. The highest BCUT2D eigenvalue weighted by Gasteiger charge is 2.23. The van der Waals surface area contributed by atoms with Gasteiger partial charge >= 0.3 is 0 Å². The molecule has 178 valence electrons. The van der Waals surface area contributed by atoms with Crippen molar-refractivity contribution in [2.24, 2.45) is 7.05 Å². The van der Waals surface area contributed by atoms with Gasteiger partial charge in [0.05, 0.1) is 15.9 Å². The number of rotatable bonds is 11. The Bertz CT molecular complexity index is 1190. The van der Waals surface area contributed by atoms with E-state index in [2.05, 4.69) is 29.4 Å². The number of imidazole rings is 1. The van der Waals surface area contributed by atoms with Crippen molar-refractivity contribution in [1.29, 1.82) is 0 Å². The van der Waals surface area contributed by atoms with Gasteiger partial charge in [-0.05, 0) is 30.2 Å². The molecule has 0 saturated heterocycles. The molecular weight excluding hydrogens is 436 g/mol. The number of carbonyl (C=O) groups excluding carboxylic acids is 1. The van der Waals surface area contributed by atoms with E-state index in [0.29, 0.717) is 38.0 Å².